The lowest BCUT2D eigenvalue weighted by Crippen LogP contribution is -2.61. The van der Waals surface area contributed by atoms with Gasteiger partial charge in [-0.3, -0.25) is 14.4 Å². The molecule has 0 bridgehead atoms. The molecule has 0 aromatic rings. The van der Waals surface area contributed by atoms with E-state index in [-0.39, 0.29) is 25.9 Å². The number of aliphatic hydroxyl groups excluding tert-OH is 2. The summed E-state index contributed by atoms with van der Waals surface area (Å²) in [6.45, 7) is 5.98. The van der Waals surface area contributed by atoms with Crippen molar-refractivity contribution >= 4 is 23.9 Å². The van der Waals surface area contributed by atoms with Crippen LogP contribution in [0, 0.1) is 0 Å². The molecule has 12 nitrogen and oxygen atoms in total. The fourth-order valence-electron chi connectivity index (χ4n) is 9.75. The van der Waals surface area contributed by atoms with Gasteiger partial charge >= 0.3 is 23.9 Å². The number of carboxylic acids is 1. The van der Waals surface area contributed by atoms with E-state index in [4.69, 9.17) is 23.7 Å². The molecule has 1 aliphatic heterocycles. The molecular weight excluding hydrogens is 973 g/mol. The first-order chi connectivity index (χ1) is 37.6. The maximum atomic E-state index is 13.2. The molecule has 77 heavy (non-hydrogen) atoms. The maximum Gasteiger partial charge on any atom is 0.335 e. The third-order valence-electron chi connectivity index (χ3n) is 14.7. The highest BCUT2D eigenvalue weighted by Gasteiger charge is 2.50. The lowest BCUT2D eigenvalue weighted by atomic mass is 9.98. The largest absolute Gasteiger partial charge is 0.479 e. The van der Waals surface area contributed by atoms with Crippen LogP contribution in [0.3, 0.4) is 0 Å². The predicted molar refractivity (Wildman–Crippen MR) is 313 cm³/mol. The first-order valence-electron chi connectivity index (χ1n) is 32.0. The van der Waals surface area contributed by atoms with Crippen molar-refractivity contribution in [2.45, 2.75) is 340 Å². The number of esters is 3. The lowest BCUT2D eigenvalue weighted by Gasteiger charge is -2.40. The maximum absolute atomic E-state index is 13.2. The molecule has 1 heterocycles. The molecule has 1 rings (SSSR count). The van der Waals surface area contributed by atoms with Crippen molar-refractivity contribution < 1.29 is 58.2 Å². The van der Waals surface area contributed by atoms with Crippen LogP contribution in [0.2, 0.25) is 0 Å². The summed E-state index contributed by atoms with van der Waals surface area (Å²) in [5, 5.41) is 31.5. The molecule has 6 atom stereocenters. The quantitative estimate of drug-likeness (QED) is 0.0228. The summed E-state index contributed by atoms with van der Waals surface area (Å²) in [7, 11) is 0. The van der Waals surface area contributed by atoms with Crippen LogP contribution in [0.15, 0.2) is 36.5 Å². The second-order valence-corrected chi connectivity index (χ2v) is 22.0. The molecule has 12 heteroatoms. The minimum atomic E-state index is -1.90. The molecule has 0 amide bonds. The summed E-state index contributed by atoms with van der Waals surface area (Å²) in [5.74, 6) is -3.11. The van der Waals surface area contributed by atoms with Crippen molar-refractivity contribution in [3.8, 4) is 0 Å². The number of aliphatic hydroxyl groups is 2. The Hall–Kier alpha value is -3.06. The average molecular weight is 1090 g/mol. The molecular formula is C65H116O12. The third kappa shape index (κ3) is 43.4. The highest BCUT2D eigenvalue weighted by atomic mass is 16.7. The molecule has 0 spiro atoms. The first-order valence-corrected chi connectivity index (χ1v) is 32.0. The summed E-state index contributed by atoms with van der Waals surface area (Å²) in [4.78, 5) is 51.2. The van der Waals surface area contributed by atoms with E-state index < -0.39 is 67.3 Å². The zero-order valence-corrected chi connectivity index (χ0v) is 49.5. The number of allylic oxidation sites excluding steroid dienone is 6. The van der Waals surface area contributed by atoms with Crippen LogP contribution in [0.25, 0.3) is 0 Å². The minimum absolute atomic E-state index is 0.0637. The zero-order chi connectivity index (χ0) is 56.1. The van der Waals surface area contributed by atoms with Crippen LogP contribution in [-0.2, 0) is 42.9 Å². The van der Waals surface area contributed by atoms with Crippen molar-refractivity contribution in [1.29, 1.82) is 0 Å². The van der Waals surface area contributed by atoms with Gasteiger partial charge in [0, 0.05) is 19.3 Å². The van der Waals surface area contributed by atoms with Gasteiger partial charge in [-0.25, -0.2) is 4.79 Å². The Bertz CT molecular complexity index is 1480. The summed E-state index contributed by atoms with van der Waals surface area (Å²) >= 11 is 0. The number of hydrogen-bond acceptors (Lipinski definition) is 11. The SMILES string of the molecule is CCCCC/C=C\C/C=C\CCCCCCCC(=O)OC(COC(=O)CCCCCCCCCCC/C=C\CCCCCCCC)COC1OC(C(=O)O)C(O)C(O)C1OC(=O)CCCCCCCCCCCCCCC. The van der Waals surface area contributed by atoms with Gasteiger partial charge in [0.2, 0.25) is 0 Å². The number of rotatable bonds is 55. The number of ether oxygens (including phenoxy) is 5. The normalized spacial score (nSPS) is 18.2. The van der Waals surface area contributed by atoms with E-state index in [2.05, 4.69) is 57.2 Å². The van der Waals surface area contributed by atoms with E-state index in [9.17, 15) is 34.5 Å². The second-order valence-electron chi connectivity index (χ2n) is 22.0. The van der Waals surface area contributed by atoms with Gasteiger partial charge in [-0.2, -0.15) is 0 Å². The number of carboxylic acid groups (broad SMARTS) is 1. The highest BCUT2D eigenvalue weighted by Crippen LogP contribution is 2.27. The van der Waals surface area contributed by atoms with Crippen LogP contribution in [0.4, 0.5) is 0 Å². The summed E-state index contributed by atoms with van der Waals surface area (Å²) in [6.07, 6.45) is 51.1. The number of carbonyl (C=O) groups excluding carboxylic acids is 3. The average Bonchev–Trinajstić information content (AvgIpc) is 3.41. The molecule has 1 saturated heterocycles. The molecule has 0 aromatic heterocycles. The third-order valence-corrected chi connectivity index (χ3v) is 14.7. The number of aliphatic carboxylic acids is 1. The van der Waals surface area contributed by atoms with Gasteiger partial charge in [0.05, 0.1) is 6.61 Å². The molecule has 1 aliphatic rings. The molecule has 0 aromatic carbocycles. The Balaban J connectivity index is 2.65. The topological polar surface area (TPSA) is 175 Å². The molecule has 0 radical (unpaired) electrons. The lowest BCUT2D eigenvalue weighted by molar-refractivity contribution is -0.301. The van der Waals surface area contributed by atoms with Gasteiger partial charge < -0.3 is 39.0 Å². The fourth-order valence-corrected chi connectivity index (χ4v) is 9.75. The molecule has 0 aliphatic carbocycles. The van der Waals surface area contributed by atoms with Crippen molar-refractivity contribution in [1.82, 2.24) is 0 Å². The van der Waals surface area contributed by atoms with E-state index in [1.165, 1.54) is 154 Å². The Morgan fingerprint density at radius 3 is 1.21 bits per heavy atom. The number of unbranched alkanes of at least 4 members (excludes halogenated alkanes) is 35. The van der Waals surface area contributed by atoms with Gasteiger partial charge in [-0.1, -0.05) is 243 Å². The van der Waals surface area contributed by atoms with Crippen molar-refractivity contribution in [3.05, 3.63) is 36.5 Å². The molecule has 3 N–H and O–H groups in total. The van der Waals surface area contributed by atoms with Crippen LogP contribution in [0.5, 0.6) is 0 Å². The fraction of sp³-hybridized carbons (Fsp3) is 0.846. The highest BCUT2D eigenvalue weighted by molar-refractivity contribution is 5.74. The van der Waals surface area contributed by atoms with Gasteiger partial charge in [0.25, 0.3) is 0 Å². The smallest absolute Gasteiger partial charge is 0.335 e. The van der Waals surface area contributed by atoms with Gasteiger partial charge in [0.15, 0.2) is 24.6 Å². The Morgan fingerprint density at radius 2 is 0.779 bits per heavy atom. The van der Waals surface area contributed by atoms with Crippen LogP contribution in [-0.4, -0.2) is 89.2 Å². The van der Waals surface area contributed by atoms with E-state index in [1.807, 2.05) is 0 Å². The Kier molecular flexibility index (Phi) is 50.1. The van der Waals surface area contributed by atoms with Crippen molar-refractivity contribution in [2.75, 3.05) is 13.2 Å². The molecule has 448 valence electrons. The van der Waals surface area contributed by atoms with Crippen molar-refractivity contribution in [3.63, 3.8) is 0 Å². The molecule has 1 fully saturated rings. The molecule has 6 unspecified atom stereocenters. The van der Waals surface area contributed by atoms with Crippen LogP contribution in [0.1, 0.15) is 303 Å². The molecule has 0 saturated carbocycles. The standard InChI is InChI=1S/C65H116O12/c1-4-7-10-13-16-19-22-25-27-28-29-30-32-34-36-39-42-45-48-51-57(66)73-54-56(75-58(67)52-49-46-43-40-38-35-31-26-23-20-17-14-11-8-5-2)55-74-65-63(61(70)60(69)62(77-65)64(71)72)76-59(68)53-50-47-44-41-37-33-24-21-18-15-12-9-6-3/h17,20,25-27,31,56,60-63,65,69-70H,4-16,18-19,21-24,28-30,32-55H2,1-3H3,(H,71,72)/b20-17-,27-25-,31-26-. The van der Waals surface area contributed by atoms with Crippen LogP contribution < -0.4 is 0 Å². The predicted octanol–water partition coefficient (Wildman–Crippen LogP) is 16.8. The van der Waals surface area contributed by atoms with Crippen molar-refractivity contribution in [2.24, 2.45) is 0 Å². The zero-order valence-electron chi connectivity index (χ0n) is 49.5. The van der Waals surface area contributed by atoms with Gasteiger partial charge in [-0.05, 0) is 77.0 Å². The number of carbonyl (C=O) groups is 4. The van der Waals surface area contributed by atoms with Gasteiger partial charge in [-0.15, -0.1) is 0 Å². The first kappa shape index (κ1) is 72.0. The second kappa shape index (κ2) is 53.6. The summed E-state index contributed by atoms with van der Waals surface area (Å²) in [6, 6.07) is 0. The van der Waals surface area contributed by atoms with E-state index in [0.29, 0.717) is 19.3 Å². The minimum Gasteiger partial charge on any atom is -0.479 e. The number of hydrogen-bond donors (Lipinski definition) is 3. The Labute approximate surface area is 470 Å². The van der Waals surface area contributed by atoms with E-state index >= 15 is 0 Å². The monoisotopic (exact) mass is 1090 g/mol. The summed E-state index contributed by atoms with van der Waals surface area (Å²) < 4.78 is 28.5. The van der Waals surface area contributed by atoms with E-state index in [0.717, 1.165) is 89.9 Å². The van der Waals surface area contributed by atoms with E-state index in [1.54, 1.807) is 0 Å². The Morgan fingerprint density at radius 1 is 0.429 bits per heavy atom. The summed E-state index contributed by atoms with van der Waals surface area (Å²) in [5.41, 5.74) is 0. The van der Waals surface area contributed by atoms with Gasteiger partial charge in [0.1, 0.15) is 18.8 Å². The van der Waals surface area contributed by atoms with Crippen LogP contribution >= 0.6 is 0 Å².